The molecule has 4 heteroatoms. The van der Waals surface area contributed by atoms with Gasteiger partial charge in [0.05, 0.1) is 0 Å². The highest BCUT2D eigenvalue weighted by molar-refractivity contribution is 5.88. The number of nitrogens with two attached hydrogens (primary N) is 1. The van der Waals surface area contributed by atoms with E-state index in [2.05, 4.69) is 12.1 Å². The zero-order valence-corrected chi connectivity index (χ0v) is 8.29. The zero-order valence-electron chi connectivity index (χ0n) is 8.29. The van der Waals surface area contributed by atoms with Crippen LogP contribution in [-0.4, -0.2) is 23.8 Å². The van der Waals surface area contributed by atoms with E-state index in [1.54, 1.807) is 7.11 Å². The van der Waals surface area contributed by atoms with Crippen molar-refractivity contribution in [3.05, 3.63) is 0 Å². The van der Waals surface area contributed by atoms with Gasteiger partial charge in [-0.25, -0.2) is 0 Å². The second-order valence-electron chi connectivity index (χ2n) is 3.89. The summed E-state index contributed by atoms with van der Waals surface area (Å²) in [5.41, 5.74) is 5.11. The highest BCUT2D eigenvalue weighted by atomic mass is 16.5. The van der Waals surface area contributed by atoms with Crippen molar-refractivity contribution in [1.29, 1.82) is 0 Å². The normalized spacial score (nSPS) is 36.2. The Bertz CT molecular complexity index is 206. The van der Waals surface area contributed by atoms with Gasteiger partial charge in [0.1, 0.15) is 5.60 Å². The molecule has 0 aromatic rings. The summed E-state index contributed by atoms with van der Waals surface area (Å²) in [6.07, 6.45) is 3.97. The Morgan fingerprint density at radius 1 is 1.69 bits per heavy atom. The summed E-state index contributed by atoms with van der Waals surface area (Å²) in [6.45, 7) is 2.16. The van der Waals surface area contributed by atoms with Crippen LogP contribution in [0.5, 0.6) is 0 Å². The minimum absolute atomic E-state index is 0.210. The van der Waals surface area contributed by atoms with Gasteiger partial charge in [-0.15, -0.1) is 0 Å². The van der Waals surface area contributed by atoms with Gasteiger partial charge in [-0.05, 0) is 25.2 Å². The minimum atomic E-state index is -0.521. The molecular weight excluding hydrogens is 168 g/mol. The number of hydrogen-bond donors (Lipinski definition) is 2. The number of methoxy groups -OCH3 is 1. The van der Waals surface area contributed by atoms with Crippen LogP contribution in [-0.2, 0) is 4.74 Å². The van der Waals surface area contributed by atoms with Crippen LogP contribution >= 0.6 is 0 Å². The topological polar surface area (TPSA) is 67.8 Å². The third-order valence-electron chi connectivity index (χ3n) is 2.92. The van der Waals surface area contributed by atoms with Crippen LogP contribution in [0.15, 0.2) is 5.16 Å². The van der Waals surface area contributed by atoms with Crippen LogP contribution in [0, 0.1) is 5.92 Å². The van der Waals surface area contributed by atoms with Crippen molar-refractivity contribution in [3.63, 3.8) is 0 Å². The molecule has 1 rings (SSSR count). The van der Waals surface area contributed by atoms with E-state index >= 15 is 0 Å². The van der Waals surface area contributed by atoms with Crippen LogP contribution in [0.3, 0.4) is 0 Å². The third kappa shape index (κ3) is 1.94. The molecule has 0 amide bonds. The zero-order chi connectivity index (χ0) is 9.90. The van der Waals surface area contributed by atoms with E-state index in [0.717, 1.165) is 19.3 Å². The maximum Gasteiger partial charge on any atom is 0.171 e. The Kier molecular flexibility index (Phi) is 3.14. The summed E-state index contributed by atoms with van der Waals surface area (Å²) in [5.74, 6) is 0.788. The molecule has 3 N–H and O–H groups in total. The van der Waals surface area contributed by atoms with Crippen molar-refractivity contribution in [1.82, 2.24) is 0 Å². The van der Waals surface area contributed by atoms with Crippen molar-refractivity contribution in [3.8, 4) is 0 Å². The Labute approximate surface area is 78.7 Å². The molecule has 1 saturated carbocycles. The first-order valence-corrected chi connectivity index (χ1v) is 4.68. The molecule has 2 atom stereocenters. The molecule has 76 valence electrons. The van der Waals surface area contributed by atoms with E-state index in [4.69, 9.17) is 15.7 Å². The Morgan fingerprint density at radius 2 is 2.38 bits per heavy atom. The summed E-state index contributed by atoms with van der Waals surface area (Å²) < 4.78 is 5.39. The van der Waals surface area contributed by atoms with Gasteiger partial charge in [0.2, 0.25) is 0 Å². The molecule has 0 bridgehead atoms. The maximum absolute atomic E-state index is 8.65. The van der Waals surface area contributed by atoms with Crippen molar-refractivity contribution in [2.45, 2.75) is 38.2 Å². The molecule has 0 heterocycles. The van der Waals surface area contributed by atoms with E-state index in [0.29, 0.717) is 5.92 Å². The summed E-state index contributed by atoms with van der Waals surface area (Å²) in [6, 6.07) is 0. The summed E-state index contributed by atoms with van der Waals surface area (Å²) in [5, 5.41) is 11.7. The van der Waals surface area contributed by atoms with Gasteiger partial charge >= 0.3 is 0 Å². The number of rotatable bonds is 2. The monoisotopic (exact) mass is 186 g/mol. The van der Waals surface area contributed by atoms with Crippen LogP contribution in [0.4, 0.5) is 0 Å². The quantitative estimate of drug-likeness (QED) is 0.296. The fourth-order valence-electron chi connectivity index (χ4n) is 2.12. The van der Waals surface area contributed by atoms with E-state index in [1.807, 2.05) is 0 Å². The second kappa shape index (κ2) is 3.96. The molecule has 0 radical (unpaired) electrons. The van der Waals surface area contributed by atoms with Crippen LogP contribution in [0.2, 0.25) is 0 Å². The first-order chi connectivity index (χ1) is 6.14. The molecule has 1 fully saturated rings. The average molecular weight is 186 g/mol. The average Bonchev–Trinajstić information content (AvgIpc) is 2.16. The fourth-order valence-corrected chi connectivity index (χ4v) is 2.12. The van der Waals surface area contributed by atoms with Crippen molar-refractivity contribution >= 4 is 5.84 Å². The molecular formula is C9H18N2O2. The van der Waals surface area contributed by atoms with Crippen molar-refractivity contribution in [2.75, 3.05) is 7.11 Å². The van der Waals surface area contributed by atoms with E-state index in [-0.39, 0.29) is 5.84 Å². The summed E-state index contributed by atoms with van der Waals surface area (Å²) >= 11 is 0. The Hall–Kier alpha value is -0.770. The predicted molar refractivity (Wildman–Crippen MR) is 50.8 cm³/mol. The largest absolute Gasteiger partial charge is 0.409 e. The maximum atomic E-state index is 8.65. The van der Waals surface area contributed by atoms with Crippen molar-refractivity contribution < 1.29 is 9.94 Å². The van der Waals surface area contributed by atoms with Gasteiger partial charge in [0.15, 0.2) is 5.84 Å². The number of nitrogens with zero attached hydrogens (tertiary/aromatic N) is 1. The van der Waals surface area contributed by atoms with Gasteiger partial charge in [0.25, 0.3) is 0 Å². The highest BCUT2D eigenvalue weighted by Crippen LogP contribution is 2.34. The lowest BCUT2D eigenvalue weighted by atomic mass is 9.78. The second-order valence-corrected chi connectivity index (χ2v) is 3.89. The molecule has 0 spiro atoms. The fraction of sp³-hybridized carbons (Fsp3) is 0.889. The van der Waals surface area contributed by atoms with Gasteiger partial charge in [-0.3, -0.25) is 0 Å². The SMILES string of the molecule is COC1(/C(N)=N/O)CCCC(C)C1. The number of ether oxygens (including phenoxy) is 1. The lowest BCUT2D eigenvalue weighted by molar-refractivity contribution is 0.000852. The third-order valence-corrected chi connectivity index (χ3v) is 2.92. The number of hydrogen-bond acceptors (Lipinski definition) is 3. The molecule has 4 nitrogen and oxygen atoms in total. The lowest BCUT2D eigenvalue weighted by Gasteiger charge is -2.37. The molecule has 13 heavy (non-hydrogen) atoms. The molecule has 0 aromatic carbocycles. The summed E-state index contributed by atoms with van der Waals surface area (Å²) in [7, 11) is 1.62. The molecule has 0 aromatic heterocycles. The van der Waals surface area contributed by atoms with Gasteiger partial charge in [-0.1, -0.05) is 18.5 Å². The first-order valence-electron chi connectivity index (χ1n) is 4.68. The van der Waals surface area contributed by atoms with E-state index < -0.39 is 5.60 Å². The van der Waals surface area contributed by atoms with Gasteiger partial charge in [0, 0.05) is 7.11 Å². The molecule has 1 aliphatic rings. The van der Waals surface area contributed by atoms with Crippen LogP contribution in [0.25, 0.3) is 0 Å². The van der Waals surface area contributed by atoms with Crippen LogP contribution < -0.4 is 5.73 Å². The lowest BCUT2D eigenvalue weighted by Crippen LogP contribution is -2.48. The molecule has 0 aliphatic heterocycles. The van der Waals surface area contributed by atoms with E-state index in [1.165, 1.54) is 6.42 Å². The number of amidine groups is 1. The van der Waals surface area contributed by atoms with Crippen molar-refractivity contribution in [2.24, 2.45) is 16.8 Å². The first kappa shape index (κ1) is 10.3. The number of oxime groups is 1. The predicted octanol–water partition coefficient (Wildman–Crippen LogP) is 1.33. The molecule has 0 saturated heterocycles. The van der Waals surface area contributed by atoms with Crippen LogP contribution in [0.1, 0.15) is 32.6 Å². The van der Waals surface area contributed by atoms with Gasteiger partial charge in [-0.2, -0.15) is 0 Å². The Morgan fingerprint density at radius 3 is 2.85 bits per heavy atom. The smallest absolute Gasteiger partial charge is 0.171 e. The van der Waals surface area contributed by atoms with Gasteiger partial charge < -0.3 is 15.7 Å². The standard InChI is InChI=1S/C9H18N2O2/c1-7-4-3-5-9(6-7,13-2)8(10)11-12/h7,12H,3-6H2,1-2H3,(H2,10,11). The molecule has 2 unspecified atom stereocenters. The summed E-state index contributed by atoms with van der Waals surface area (Å²) in [4.78, 5) is 0. The minimum Gasteiger partial charge on any atom is -0.409 e. The molecule has 1 aliphatic carbocycles. The highest BCUT2D eigenvalue weighted by Gasteiger charge is 2.39. The Balaban J connectivity index is 2.79. The van der Waals surface area contributed by atoms with E-state index in [9.17, 15) is 0 Å².